The smallest absolute Gasteiger partial charge is 0.307 e. The molecule has 0 radical (unpaired) electrons. The van der Waals surface area contributed by atoms with Crippen LogP contribution in [0.25, 0.3) is 0 Å². The van der Waals surface area contributed by atoms with Crippen LogP contribution in [-0.4, -0.2) is 36.5 Å². The van der Waals surface area contributed by atoms with Gasteiger partial charge in [-0.1, -0.05) is 13.8 Å². The summed E-state index contributed by atoms with van der Waals surface area (Å²) in [6.45, 7) is 7.68. The second kappa shape index (κ2) is 6.43. The predicted molar refractivity (Wildman–Crippen MR) is 58.3 cm³/mol. The molecular weight excluding hydrogens is 194 g/mol. The molecule has 4 heteroatoms. The van der Waals surface area contributed by atoms with E-state index < -0.39 is 0 Å². The molecule has 15 heavy (non-hydrogen) atoms. The number of esters is 1. The van der Waals surface area contributed by atoms with Crippen molar-refractivity contribution in [2.24, 2.45) is 5.92 Å². The molecule has 0 aliphatic rings. The minimum Gasteiger partial charge on any atom is -0.466 e. The summed E-state index contributed by atoms with van der Waals surface area (Å²) in [6.07, 6.45) is 0.253. The first-order chi connectivity index (χ1) is 6.90. The maximum atomic E-state index is 11.6. The molecule has 0 saturated heterocycles. The Morgan fingerprint density at radius 2 is 1.80 bits per heavy atom. The highest BCUT2D eigenvalue weighted by Crippen LogP contribution is 2.07. The molecule has 1 atom stereocenters. The minimum absolute atomic E-state index is 0.0420. The molecule has 0 aliphatic carbocycles. The standard InChI is InChI=1S/C11H21NO3/c1-6-15-10(13)7-9(4)12(5)11(14)8(2)3/h8-9H,6-7H2,1-5H3. The summed E-state index contributed by atoms with van der Waals surface area (Å²) in [5.41, 5.74) is 0. The van der Waals surface area contributed by atoms with E-state index in [0.717, 1.165) is 0 Å². The number of rotatable bonds is 5. The summed E-state index contributed by atoms with van der Waals surface area (Å²) in [4.78, 5) is 24.4. The number of hydrogen-bond acceptors (Lipinski definition) is 3. The quantitative estimate of drug-likeness (QED) is 0.652. The maximum Gasteiger partial charge on any atom is 0.307 e. The van der Waals surface area contributed by atoms with Gasteiger partial charge in [0, 0.05) is 19.0 Å². The molecule has 0 N–H and O–H groups in total. The molecule has 0 bridgehead atoms. The van der Waals surface area contributed by atoms with Gasteiger partial charge in [-0.15, -0.1) is 0 Å². The molecule has 0 fully saturated rings. The van der Waals surface area contributed by atoms with Crippen molar-refractivity contribution in [3.05, 3.63) is 0 Å². The van der Waals surface area contributed by atoms with Crippen molar-refractivity contribution in [1.82, 2.24) is 4.90 Å². The molecule has 0 aromatic carbocycles. The molecule has 1 amide bonds. The maximum absolute atomic E-state index is 11.6. The molecule has 1 unspecified atom stereocenters. The first-order valence-electron chi connectivity index (χ1n) is 5.32. The van der Waals surface area contributed by atoms with Crippen LogP contribution in [0.1, 0.15) is 34.1 Å². The minimum atomic E-state index is -0.256. The van der Waals surface area contributed by atoms with Gasteiger partial charge in [-0.05, 0) is 13.8 Å². The van der Waals surface area contributed by atoms with Crippen molar-refractivity contribution in [3.63, 3.8) is 0 Å². The molecule has 4 nitrogen and oxygen atoms in total. The first kappa shape index (κ1) is 13.9. The van der Waals surface area contributed by atoms with Crippen LogP contribution in [0.3, 0.4) is 0 Å². The largest absolute Gasteiger partial charge is 0.466 e. The summed E-state index contributed by atoms with van der Waals surface area (Å²) >= 11 is 0. The van der Waals surface area contributed by atoms with Crippen LogP contribution < -0.4 is 0 Å². The van der Waals surface area contributed by atoms with Crippen molar-refractivity contribution in [3.8, 4) is 0 Å². The summed E-state index contributed by atoms with van der Waals surface area (Å²) in [6, 6.07) is -0.112. The number of carbonyl (C=O) groups is 2. The van der Waals surface area contributed by atoms with Crippen LogP contribution in [-0.2, 0) is 14.3 Å². The molecule has 88 valence electrons. The Balaban J connectivity index is 4.15. The second-order valence-corrected chi connectivity index (χ2v) is 3.96. The second-order valence-electron chi connectivity index (χ2n) is 3.96. The molecule has 0 aromatic rings. The molecule has 0 heterocycles. The molecule has 0 aliphatic heterocycles. The van der Waals surface area contributed by atoms with E-state index in [4.69, 9.17) is 4.74 Å². The Morgan fingerprint density at radius 1 is 1.27 bits per heavy atom. The highest BCUT2D eigenvalue weighted by Gasteiger charge is 2.20. The van der Waals surface area contributed by atoms with Crippen LogP contribution in [0, 0.1) is 5.92 Å². The van der Waals surface area contributed by atoms with Crippen LogP contribution in [0.4, 0.5) is 0 Å². The lowest BCUT2D eigenvalue weighted by Crippen LogP contribution is -2.39. The molecule has 0 aromatic heterocycles. The van der Waals surface area contributed by atoms with Gasteiger partial charge in [-0.25, -0.2) is 0 Å². The Labute approximate surface area is 91.6 Å². The summed E-state index contributed by atoms with van der Waals surface area (Å²) in [5, 5.41) is 0. The number of ether oxygens (including phenoxy) is 1. The van der Waals surface area contributed by atoms with Crippen molar-refractivity contribution in [1.29, 1.82) is 0 Å². The zero-order valence-electron chi connectivity index (χ0n) is 10.2. The number of hydrogen-bond donors (Lipinski definition) is 0. The summed E-state index contributed by atoms with van der Waals surface area (Å²) in [7, 11) is 1.71. The van der Waals surface area contributed by atoms with Gasteiger partial charge in [0.1, 0.15) is 0 Å². The lowest BCUT2D eigenvalue weighted by atomic mass is 10.1. The van der Waals surface area contributed by atoms with E-state index in [9.17, 15) is 9.59 Å². The fraction of sp³-hybridized carbons (Fsp3) is 0.818. The van der Waals surface area contributed by atoms with Gasteiger partial charge in [0.25, 0.3) is 0 Å². The summed E-state index contributed by atoms with van der Waals surface area (Å²) in [5.74, 6) is -0.250. The topological polar surface area (TPSA) is 46.6 Å². The number of carbonyl (C=O) groups excluding carboxylic acids is 2. The van der Waals surface area contributed by atoms with Crippen LogP contribution in [0.2, 0.25) is 0 Å². The monoisotopic (exact) mass is 215 g/mol. The normalized spacial score (nSPS) is 12.4. The van der Waals surface area contributed by atoms with E-state index in [0.29, 0.717) is 6.61 Å². The first-order valence-corrected chi connectivity index (χ1v) is 5.32. The molecule has 0 spiro atoms. The molecular formula is C11H21NO3. The Morgan fingerprint density at radius 3 is 2.20 bits per heavy atom. The lowest BCUT2D eigenvalue weighted by Gasteiger charge is -2.25. The fourth-order valence-corrected chi connectivity index (χ4v) is 1.22. The number of nitrogens with zero attached hydrogens (tertiary/aromatic N) is 1. The Bertz CT molecular complexity index is 226. The molecule has 0 rings (SSSR count). The summed E-state index contributed by atoms with van der Waals surface area (Å²) < 4.78 is 4.83. The van der Waals surface area contributed by atoms with E-state index in [1.807, 2.05) is 20.8 Å². The van der Waals surface area contributed by atoms with Gasteiger partial charge >= 0.3 is 5.97 Å². The van der Waals surface area contributed by atoms with Gasteiger partial charge < -0.3 is 9.64 Å². The predicted octanol–water partition coefficient (Wildman–Crippen LogP) is 1.44. The van der Waals surface area contributed by atoms with E-state index in [1.165, 1.54) is 0 Å². The van der Waals surface area contributed by atoms with E-state index in [-0.39, 0.29) is 30.3 Å². The third kappa shape index (κ3) is 4.81. The van der Waals surface area contributed by atoms with Crippen molar-refractivity contribution < 1.29 is 14.3 Å². The SMILES string of the molecule is CCOC(=O)CC(C)N(C)C(=O)C(C)C. The highest BCUT2D eigenvalue weighted by atomic mass is 16.5. The van der Waals surface area contributed by atoms with Crippen LogP contribution in [0.15, 0.2) is 0 Å². The highest BCUT2D eigenvalue weighted by molar-refractivity contribution is 5.79. The van der Waals surface area contributed by atoms with Crippen molar-refractivity contribution in [2.75, 3.05) is 13.7 Å². The van der Waals surface area contributed by atoms with Gasteiger partial charge in [0.05, 0.1) is 13.0 Å². The third-order valence-electron chi connectivity index (χ3n) is 2.27. The van der Waals surface area contributed by atoms with Gasteiger partial charge in [-0.2, -0.15) is 0 Å². The zero-order valence-corrected chi connectivity index (χ0v) is 10.2. The Hall–Kier alpha value is -1.06. The van der Waals surface area contributed by atoms with E-state index in [1.54, 1.807) is 18.9 Å². The Kier molecular flexibility index (Phi) is 5.97. The van der Waals surface area contributed by atoms with Gasteiger partial charge in [0.15, 0.2) is 0 Å². The number of amides is 1. The third-order valence-corrected chi connectivity index (χ3v) is 2.27. The molecule has 0 saturated carbocycles. The van der Waals surface area contributed by atoms with E-state index in [2.05, 4.69) is 0 Å². The zero-order chi connectivity index (χ0) is 12.0. The van der Waals surface area contributed by atoms with Crippen LogP contribution >= 0.6 is 0 Å². The van der Waals surface area contributed by atoms with Crippen molar-refractivity contribution >= 4 is 11.9 Å². The van der Waals surface area contributed by atoms with Gasteiger partial charge in [-0.3, -0.25) is 9.59 Å². The van der Waals surface area contributed by atoms with Crippen LogP contribution in [0.5, 0.6) is 0 Å². The average Bonchev–Trinajstić information content (AvgIpc) is 2.15. The van der Waals surface area contributed by atoms with Gasteiger partial charge in [0.2, 0.25) is 5.91 Å². The van der Waals surface area contributed by atoms with E-state index >= 15 is 0 Å². The fourth-order valence-electron chi connectivity index (χ4n) is 1.22. The van der Waals surface area contributed by atoms with Crippen molar-refractivity contribution in [2.45, 2.75) is 40.2 Å². The lowest BCUT2D eigenvalue weighted by molar-refractivity contribution is -0.145. The average molecular weight is 215 g/mol.